The predicted octanol–water partition coefficient (Wildman–Crippen LogP) is 8.80. The van der Waals surface area contributed by atoms with Gasteiger partial charge in [0.2, 0.25) is 5.91 Å². The maximum Gasteiger partial charge on any atom is 0.416 e. The van der Waals surface area contributed by atoms with Crippen molar-refractivity contribution in [3.63, 3.8) is 0 Å². The molecule has 3 unspecified atom stereocenters. The first-order chi connectivity index (χ1) is 29.5. The summed E-state index contributed by atoms with van der Waals surface area (Å²) in [5, 5.41) is 0.634. The van der Waals surface area contributed by atoms with E-state index in [0.717, 1.165) is 54.6 Å². The highest BCUT2D eigenvalue weighted by Crippen LogP contribution is 2.36. The van der Waals surface area contributed by atoms with Crippen molar-refractivity contribution < 1.29 is 41.7 Å². The molecule has 2 fully saturated rings. The summed E-state index contributed by atoms with van der Waals surface area (Å²) >= 11 is 6.28. The fraction of sp³-hybridized carbons (Fsp3) is 0.340. The van der Waals surface area contributed by atoms with E-state index in [1.807, 2.05) is 59.5 Å². The predicted molar refractivity (Wildman–Crippen MR) is 223 cm³/mol. The van der Waals surface area contributed by atoms with Crippen molar-refractivity contribution in [2.75, 3.05) is 40.0 Å². The number of pyridine rings is 1. The maximum atomic E-state index is 13.9. The van der Waals surface area contributed by atoms with Crippen LogP contribution in [0.15, 0.2) is 109 Å². The molecule has 61 heavy (non-hydrogen) atoms. The summed E-state index contributed by atoms with van der Waals surface area (Å²) in [6.07, 6.45) is 0.648. The summed E-state index contributed by atoms with van der Waals surface area (Å²) in [6, 6.07) is 27.7. The van der Waals surface area contributed by atoms with E-state index in [2.05, 4.69) is 9.88 Å². The number of nitrogens with zero attached hydrogens (tertiary/aromatic N) is 4. The zero-order chi connectivity index (χ0) is 42.5. The van der Waals surface area contributed by atoms with Gasteiger partial charge in [-0.2, -0.15) is 13.2 Å². The van der Waals surface area contributed by atoms with Crippen LogP contribution in [0.5, 0.6) is 23.0 Å². The zero-order valence-corrected chi connectivity index (χ0v) is 34.4. The van der Waals surface area contributed by atoms with E-state index in [1.165, 1.54) is 12.1 Å². The van der Waals surface area contributed by atoms with Crippen LogP contribution in [-0.2, 0) is 30.5 Å². The lowest BCUT2D eigenvalue weighted by Gasteiger charge is -2.49. The topological polar surface area (TPSA) is 93.7 Å². The SMILES string of the molecule is COc1ccc(OCC2c3ccnc(COc4ccc(OCC5C6CCCCN6CC(=O)N5Cc5cccc(Cl)c5)cc4)c3CCN2C(=O)c2cccc(C(F)(F)F)c2)cc1. The average molecular weight is 855 g/mol. The molecule has 3 aliphatic rings. The van der Waals surface area contributed by atoms with Crippen molar-refractivity contribution in [3.8, 4) is 23.0 Å². The average Bonchev–Trinajstić information content (AvgIpc) is 3.27. The summed E-state index contributed by atoms with van der Waals surface area (Å²) in [6.45, 7) is 2.51. The Morgan fingerprint density at radius 1 is 0.836 bits per heavy atom. The Balaban J connectivity index is 0.962. The standard InChI is InChI=1S/C47H46ClF3N4O6/c1-58-35-11-13-37(14-12-35)60-29-43-40-19-21-52-41(39(40)20-23-54(43)46(57)32-7-5-8-33(25-32)47(49,50)51)28-59-36-15-17-38(18-16-36)61-30-44-42-10-2-3-22-53(42)27-45(56)55(44)26-31-6-4-9-34(48)24-31/h4-9,11-19,21,24-25,42-44H,2-3,10,20,22-23,26-30H2,1H3. The van der Waals surface area contributed by atoms with Crippen molar-refractivity contribution in [2.45, 2.75) is 63.1 Å². The number of aromatic nitrogens is 1. The number of piperidine rings is 1. The monoisotopic (exact) mass is 854 g/mol. The first-order valence-electron chi connectivity index (χ1n) is 20.4. The number of methoxy groups -OCH3 is 1. The Labute approximate surface area is 357 Å². The minimum absolute atomic E-state index is 0.0436. The number of benzene rings is 4. The van der Waals surface area contributed by atoms with Gasteiger partial charge in [0.15, 0.2) is 0 Å². The molecule has 0 bridgehead atoms. The molecule has 14 heteroatoms. The van der Waals surface area contributed by atoms with Crippen LogP contribution in [0, 0.1) is 0 Å². The third kappa shape index (κ3) is 9.73. The quantitative estimate of drug-likeness (QED) is 0.116. The molecular weight excluding hydrogens is 809 g/mol. The number of carbonyl (C=O) groups excluding carboxylic acids is 2. The number of amides is 2. The van der Waals surface area contributed by atoms with E-state index < -0.39 is 23.7 Å². The number of hydrogen-bond acceptors (Lipinski definition) is 8. The number of halogens is 4. The van der Waals surface area contributed by atoms with Crippen LogP contribution in [0.3, 0.4) is 0 Å². The van der Waals surface area contributed by atoms with Crippen LogP contribution >= 0.6 is 11.6 Å². The molecule has 2 saturated heterocycles. The van der Waals surface area contributed by atoms with Gasteiger partial charge in [0.1, 0.15) is 42.8 Å². The molecule has 0 aliphatic carbocycles. The molecule has 5 aromatic rings. The molecular formula is C47H46ClF3N4O6. The molecule has 1 aromatic heterocycles. The van der Waals surface area contributed by atoms with E-state index in [-0.39, 0.29) is 43.3 Å². The zero-order valence-electron chi connectivity index (χ0n) is 33.7. The molecule has 318 valence electrons. The Hall–Kier alpha value is -5.79. The van der Waals surface area contributed by atoms with Crippen LogP contribution in [0.1, 0.15) is 63.6 Å². The lowest BCUT2D eigenvalue weighted by Crippen LogP contribution is -2.64. The van der Waals surface area contributed by atoms with Gasteiger partial charge in [-0.25, -0.2) is 0 Å². The van der Waals surface area contributed by atoms with Crippen molar-refractivity contribution in [3.05, 3.63) is 148 Å². The van der Waals surface area contributed by atoms with Gasteiger partial charge in [-0.15, -0.1) is 0 Å². The second-order valence-corrected chi connectivity index (χ2v) is 15.9. The number of rotatable bonds is 13. The van der Waals surface area contributed by atoms with Crippen molar-refractivity contribution in [1.82, 2.24) is 19.7 Å². The second-order valence-electron chi connectivity index (χ2n) is 15.5. The molecule has 0 saturated carbocycles. The van der Waals surface area contributed by atoms with Crippen LogP contribution < -0.4 is 18.9 Å². The summed E-state index contributed by atoms with van der Waals surface area (Å²) in [5.41, 5.74) is 2.37. The molecule has 3 aliphatic heterocycles. The van der Waals surface area contributed by atoms with Crippen LogP contribution in [0.4, 0.5) is 13.2 Å². The van der Waals surface area contributed by atoms with Crippen molar-refractivity contribution >= 4 is 23.4 Å². The number of piperazine rings is 1. The van der Waals surface area contributed by atoms with Crippen molar-refractivity contribution in [1.29, 1.82) is 0 Å². The van der Waals surface area contributed by atoms with Gasteiger partial charge < -0.3 is 28.7 Å². The Kier molecular flexibility index (Phi) is 12.7. The number of fused-ring (bicyclic) bond motifs is 2. The third-order valence-corrected chi connectivity index (χ3v) is 11.9. The van der Waals surface area contributed by atoms with E-state index >= 15 is 0 Å². The molecule has 10 nitrogen and oxygen atoms in total. The second kappa shape index (κ2) is 18.4. The number of ether oxygens (including phenoxy) is 4. The van der Waals surface area contributed by atoms with Gasteiger partial charge >= 0.3 is 6.18 Å². The summed E-state index contributed by atoms with van der Waals surface area (Å²) < 4.78 is 64.9. The molecule has 0 N–H and O–H groups in total. The van der Waals surface area contributed by atoms with Gasteiger partial charge in [-0.05, 0) is 127 Å². The minimum atomic E-state index is -4.59. The number of alkyl halides is 3. The van der Waals surface area contributed by atoms with E-state index in [0.29, 0.717) is 59.8 Å². The Bertz CT molecular complexity index is 2330. The van der Waals surface area contributed by atoms with Crippen LogP contribution in [-0.4, -0.2) is 83.5 Å². The summed E-state index contributed by atoms with van der Waals surface area (Å²) in [5.74, 6) is 1.99. The number of carbonyl (C=O) groups is 2. The molecule has 3 atom stereocenters. The van der Waals surface area contributed by atoms with E-state index in [9.17, 15) is 22.8 Å². The Morgan fingerprint density at radius 3 is 2.26 bits per heavy atom. The van der Waals surface area contributed by atoms with Gasteiger partial charge in [0.25, 0.3) is 5.91 Å². The highest BCUT2D eigenvalue weighted by atomic mass is 35.5. The van der Waals surface area contributed by atoms with E-state index in [4.69, 9.17) is 30.5 Å². The Morgan fingerprint density at radius 2 is 1.54 bits per heavy atom. The summed E-state index contributed by atoms with van der Waals surface area (Å²) in [7, 11) is 1.57. The fourth-order valence-electron chi connectivity index (χ4n) is 8.61. The molecule has 4 aromatic carbocycles. The smallest absolute Gasteiger partial charge is 0.416 e. The lowest BCUT2D eigenvalue weighted by atomic mass is 9.91. The van der Waals surface area contributed by atoms with Gasteiger partial charge in [0, 0.05) is 35.9 Å². The fourth-order valence-corrected chi connectivity index (χ4v) is 8.82. The minimum Gasteiger partial charge on any atom is -0.497 e. The van der Waals surface area contributed by atoms with Gasteiger partial charge in [0.05, 0.1) is 37.0 Å². The maximum absolute atomic E-state index is 13.9. The molecule has 8 rings (SSSR count). The normalized spacial score (nSPS) is 19.2. The largest absolute Gasteiger partial charge is 0.497 e. The van der Waals surface area contributed by atoms with Gasteiger partial charge in [-0.1, -0.05) is 36.2 Å². The van der Waals surface area contributed by atoms with Crippen molar-refractivity contribution in [2.24, 2.45) is 0 Å². The van der Waals surface area contributed by atoms with Crippen LogP contribution in [0.25, 0.3) is 0 Å². The first-order valence-corrected chi connectivity index (χ1v) is 20.8. The molecule has 4 heterocycles. The molecule has 0 radical (unpaired) electrons. The molecule has 0 spiro atoms. The molecule has 2 amide bonds. The third-order valence-electron chi connectivity index (χ3n) is 11.7. The number of hydrogen-bond donors (Lipinski definition) is 0. The van der Waals surface area contributed by atoms with Crippen LogP contribution in [0.2, 0.25) is 5.02 Å². The van der Waals surface area contributed by atoms with Gasteiger partial charge in [-0.3, -0.25) is 19.5 Å². The highest BCUT2D eigenvalue weighted by molar-refractivity contribution is 6.30. The highest BCUT2D eigenvalue weighted by Gasteiger charge is 2.42. The lowest BCUT2D eigenvalue weighted by molar-refractivity contribution is -0.147. The summed E-state index contributed by atoms with van der Waals surface area (Å²) in [4.78, 5) is 37.9. The first kappa shape index (κ1) is 41.9. The van der Waals surface area contributed by atoms with E-state index in [1.54, 1.807) is 42.5 Å².